The Morgan fingerprint density at radius 2 is 1.80 bits per heavy atom. The third-order valence-electron chi connectivity index (χ3n) is 2.25. The maximum absolute atomic E-state index is 11.7. The van der Waals surface area contributed by atoms with Crippen LogP contribution in [0.2, 0.25) is 0 Å². The van der Waals surface area contributed by atoms with Gasteiger partial charge in [-0.2, -0.15) is 0 Å². The van der Waals surface area contributed by atoms with Gasteiger partial charge >= 0.3 is 5.97 Å². The summed E-state index contributed by atoms with van der Waals surface area (Å²) in [5.74, 6) is -0.231. The predicted octanol–water partition coefficient (Wildman–Crippen LogP) is 1.91. The van der Waals surface area contributed by atoms with Gasteiger partial charge in [-0.05, 0) is 39.8 Å². The van der Waals surface area contributed by atoms with E-state index < -0.39 is 17.6 Å². The lowest BCUT2D eigenvalue weighted by Gasteiger charge is -2.22. The van der Waals surface area contributed by atoms with Crippen LogP contribution < -0.4 is 10.1 Å². The summed E-state index contributed by atoms with van der Waals surface area (Å²) in [5.41, 5.74) is -0.573. The molecule has 0 saturated heterocycles. The zero-order valence-electron chi connectivity index (χ0n) is 12.3. The number of hydrogen-bond donors (Lipinski definition) is 1. The van der Waals surface area contributed by atoms with E-state index in [9.17, 15) is 9.59 Å². The van der Waals surface area contributed by atoms with E-state index >= 15 is 0 Å². The number of carbonyl (C=O) groups is 2. The van der Waals surface area contributed by atoms with Crippen LogP contribution in [0.25, 0.3) is 0 Å². The van der Waals surface area contributed by atoms with E-state index in [0.29, 0.717) is 5.75 Å². The van der Waals surface area contributed by atoms with Gasteiger partial charge in [-0.1, -0.05) is 18.2 Å². The summed E-state index contributed by atoms with van der Waals surface area (Å²) < 4.78 is 10.5. The van der Waals surface area contributed by atoms with Gasteiger partial charge in [0.15, 0.2) is 6.61 Å². The quantitative estimate of drug-likeness (QED) is 0.836. The number of nitrogens with one attached hydrogen (secondary N) is 1. The molecule has 110 valence electrons. The van der Waals surface area contributed by atoms with E-state index in [4.69, 9.17) is 9.47 Å². The fourth-order valence-corrected chi connectivity index (χ4v) is 1.40. The lowest BCUT2D eigenvalue weighted by Crippen LogP contribution is -2.43. The molecule has 1 N–H and O–H groups in total. The van der Waals surface area contributed by atoms with Gasteiger partial charge in [0.1, 0.15) is 17.4 Å². The van der Waals surface area contributed by atoms with E-state index in [2.05, 4.69) is 5.32 Å². The monoisotopic (exact) mass is 279 g/mol. The molecule has 1 rings (SSSR count). The topological polar surface area (TPSA) is 64.6 Å². The molecule has 5 nitrogen and oxygen atoms in total. The average molecular weight is 279 g/mol. The molecule has 0 unspecified atom stereocenters. The van der Waals surface area contributed by atoms with Crippen LogP contribution in [0.1, 0.15) is 27.7 Å². The number of esters is 1. The van der Waals surface area contributed by atoms with Crippen LogP contribution in [-0.4, -0.2) is 30.1 Å². The molecule has 0 bridgehead atoms. The van der Waals surface area contributed by atoms with Crippen LogP contribution in [0.3, 0.4) is 0 Å². The standard InChI is InChI=1S/C15H21NO4/c1-11(14(18)20-15(2,3)4)16-13(17)10-19-12-8-6-5-7-9-12/h5-9,11H,10H2,1-4H3,(H,16,17)/t11-/m1/s1. The number of carbonyl (C=O) groups excluding carboxylic acids is 2. The highest BCUT2D eigenvalue weighted by Gasteiger charge is 2.22. The van der Waals surface area contributed by atoms with Crippen LogP contribution in [0.15, 0.2) is 30.3 Å². The van der Waals surface area contributed by atoms with Crippen LogP contribution in [0.4, 0.5) is 0 Å². The van der Waals surface area contributed by atoms with Crippen molar-refractivity contribution in [3.8, 4) is 5.75 Å². The van der Waals surface area contributed by atoms with Crippen molar-refractivity contribution in [3.63, 3.8) is 0 Å². The fraction of sp³-hybridized carbons (Fsp3) is 0.467. The Bertz CT molecular complexity index is 451. The third kappa shape index (κ3) is 6.22. The Morgan fingerprint density at radius 1 is 1.20 bits per heavy atom. The summed E-state index contributed by atoms with van der Waals surface area (Å²) >= 11 is 0. The van der Waals surface area contributed by atoms with Crippen molar-refractivity contribution in [1.29, 1.82) is 0 Å². The SMILES string of the molecule is C[C@@H](NC(=O)COc1ccccc1)C(=O)OC(C)(C)C. The lowest BCUT2D eigenvalue weighted by atomic mass is 10.2. The van der Waals surface area contributed by atoms with Crippen molar-refractivity contribution in [3.05, 3.63) is 30.3 Å². The lowest BCUT2D eigenvalue weighted by molar-refractivity contribution is -0.158. The molecule has 1 amide bonds. The normalized spacial score (nSPS) is 12.4. The molecule has 0 radical (unpaired) electrons. The van der Waals surface area contributed by atoms with Gasteiger partial charge in [-0.15, -0.1) is 0 Å². The number of benzene rings is 1. The first-order chi connectivity index (χ1) is 9.28. The van der Waals surface area contributed by atoms with Crippen molar-refractivity contribution < 1.29 is 19.1 Å². The Labute approximate surface area is 119 Å². The van der Waals surface area contributed by atoms with Crippen molar-refractivity contribution in [2.45, 2.75) is 39.3 Å². The van der Waals surface area contributed by atoms with E-state index in [1.807, 2.05) is 18.2 Å². The average Bonchev–Trinajstić information content (AvgIpc) is 2.35. The van der Waals surface area contributed by atoms with Crippen molar-refractivity contribution >= 4 is 11.9 Å². The van der Waals surface area contributed by atoms with Gasteiger partial charge < -0.3 is 14.8 Å². The Hall–Kier alpha value is -2.04. The molecule has 0 aliphatic rings. The second kappa shape index (κ2) is 6.93. The molecule has 1 aromatic rings. The number of ether oxygens (including phenoxy) is 2. The number of amides is 1. The third-order valence-corrected chi connectivity index (χ3v) is 2.25. The highest BCUT2D eigenvalue weighted by molar-refractivity contribution is 5.85. The largest absolute Gasteiger partial charge is 0.484 e. The zero-order chi connectivity index (χ0) is 15.2. The molecule has 1 aromatic carbocycles. The summed E-state index contributed by atoms with van der Waals surface area (Å²) in [5, 5.41) is 2.53. The fourth-order valence-electron chi connectivity index (χ4n) is 1.40. The molecule has 0 saturated carbocycles. The minimum Gasteiger partial charge on any atom is -0.484 e. The van der Waals surface area contributed by atoms with Gasteiger partial charge in [0.25, 0.3) is 5.91 Å². The maximum atomic E-state index is 11.7. The highest BCUT2D eigenvalue weighted by Crippen LogP contribution is 2.09. The zero-order valence-corrected chi connectivity index (χ0v) is 12.3. The van der Waals surface area contributed by atoms with Crippen molar-refractivity contribution in [1.82, 2.24) is 5.32 Å². The molecule has 0 aromatic heterocycles. The molecule has 0 heterocycles. The Kier molecular flexibility index (Phi) is 5.55. The molecule has 1 atom stereocenters. The highest BCUT2D eigenvalue weighted by atomic mass is 16.6. The Morgan fingerprint density at radius 3 is 2.35 bits per heavy atom. The summed E-state index contributed by atoms with van der Waals surface area (Å²) in [6, 6.07) is 8.29. The first kappa shape index (κ1) is 16.0. The van der Waals surface area contributed by atoms with Crippen LogP contribution in [0.5, 0.6) is 5.75 Å². The molecule has 0 aliphatic carbocycles. The van der Waals surface area contributed by atoms with Gasteiger partial charge in [-0.3, -0.25) is 4.79 Å². The van der Waals surface area contributed by atoms with Gasteiger partial charge in [0.2, 0.25) is 0 Å². The second-order valence-corrected chi connectivity index (χ2v) is 5.42. The van der Waals surface area contributed by atoms with E-state index in [1.54, 1.807) is 39.8 Å². The van der Waals surface area contributed by atoms with Crippen LogP contribution in [-0.2, 0) is 14.3 Å². The van der Waals surface area contributed by atoms with Crippen LogP contribution in [0, 0.1) is 0 Å². The summed E-state index contributed by atoms with van der Waals surface area (Å²) in [4.78, 5) is 23.3. The predicted molar refractivity (Wildman–Crippen MR) is 75.4 cm³/mol. The number of hydrogen-bond acceptors (Lipinski definition) is 4. The first-order valence-electron chi connectivity index (χ1n) is 6.48. The number of rotatable bonds is 5. The molecule has 20 heavy (non-hydrogen) atoms. The van der Waals surface area contributed by atoms with Gasteiger partial charge in [-0.25, -0.2) is 4.79 Å². The van der Waals surface area contributed by atoms with Gasteiger partial charge in [0.05, 0.1) is 0 Å². The molecular weight excluding hydrogens is 258 g/mol. The van der Waals surface area contributed by atoms with Crippen LogP contribution >= 0.6 is 0 Å². The molecular formula is C15H21NO4. The second-order valence-electron chi connectivity index (χ2n) is 5.42. The minimum atomic E-state index is -0.707. The van der Waals surface area contributed by atoms with Crippen molar-refractivity contribution in [2.75, 3.05) is 6.61 Å². The van der Waals surface area contributed by atoms with Gasteiger partial charge in [0, 0.05) is 0 Å². The van der Waals surface area contributed by atoms with Crippen molar-refractivity contribution in [2.24, 2.45) is 0 Å². The van der Waals surface area contributed by atoms with E-state index in [-0.39, 0.29) is 12.5 Å². The first-order valence-corrected chi connectivity index (χ1v) is 6.48. The maximum Gasteiger partial charge on any atom is 0.328 e. The van der Waals surface area contributed by atoms with E-state index in [1.165, 1.54) is 0 Å². The molecule has 5 heteroatoms. The summed E-state index contributed by atoms with van der Waals surface area (Å²) in [6.45, 7) is 6.76. The summed E-state index contributed by atoms with van der Waals surface area (Å²) in [7, 11) is 0. The Balaban J connectivity index is 2.36. The summed E-state index contributed by atoms with van der Waals surface area (Å²) in [6.07, 6.45) is 0. The minimum absolute atomic E-state index is 0.142. The van der Waals surface area contributed by atoms with E-state index in [0.717, 1.165) is 0 Å². The number of para-hydroxylation sites is 1. The molecule has 0 fully saturated rings. The smallest absolute Gasteiger partial charge is 0.328 e. The molecule has 0 spiro atoms. The molecule has 0 aliphatic heterocycles.